The van der Waals surface area contributed by atoms with Crippen molar-refractivity contribution in [2.24, 2.45) is 0 Å². The lowest BCUT2D eigenvalue weighted by Crippen LogP contribution is -2.50. The Morgan fingerprint density at radius 3 is 2.71 bits per heavy atom. The summed E-state index contributed by atoms with van der Waals surface area (Å²) in [5, 5.41) is 3.33. The van der Waals surface area contributed by atoms with E-state index in [0.29, 0.717) is 29.4 Å². The van der Waals surface area contributed by atoms with Gasteiger partial charge in [-0.05, 0) is 18.2 Å². The van der Waals surface area contributed by atoms with Crippen LogP contribution in [0.15, 0.2) is 48.5 Å². The van der Waals surface area contributed by atoms with Gasteiger partial charge < -0.3 is 15.0 Å². The molecule has 0 aromatic heterocycles. The van der Waals surface area contributed by atoms with Gasteiger partial charge >= 0.3 is 0 Å². The van der Waals surface area contributed by atoms with E-state index >= 15 is 0 Å². The van der Waals surface area contributed by atoms with Crippen LogP contribution < -0.4 is 10.1 Å². The third-order valence-corrected chi connectivity index (χ3v) is 4.15. The van der Waals surface area contributed by atoms with Crippen LogP contribution in [-0.2, 0) is 11.4 Å². The second-order valence-corrected chi connectivity index (χ2v) is 5.86. The zero-order valence-corrected chi connectivity index (χ0v) is 13.8. The van der Waals surface area contributed by atoms with E-state index in [1.807, 2.05) is 24.3 Å². The number of hydrogen-bond acceptors (Lipinski definition) is 3. The number of nitrogens with zero attached hydrogens (tertiary/aromatic N) is 1. The van der Waals surface area contributed by atoms with Gasteiger partial charge in [0.2, 0.25) is 5.91 Å². The molecule has 0 aliphatic carbocycles. The van der Waals surface area contributed by atoms with Crippen molar-refractivity contribution in [3.63, 3.8) is 0 Å². The molecular weight excluding hydrogens is 328 g/mol. The summed E-state index contributed by atoms with van der Waals surface area (Å²) < 4.78 is 5.81. The first-order valence-corrected chi connectivity index (χ1v) is 8.04. The number of amides is 2. The Balaban J connectivity index is 1.76. The Hall–Kier alpha value is -2.53. The monoisotopic (exact) mass is 344 g/mol. The maximum atomic E-state index is 12.7. The minimum atomic E-state index is -0.209. The maximum Gasteiger partial charge on any atom is 0.258 e. The Bertz CT molecular complexity index is 763. The van der Waals surface area contributed by atoms with E-state index < -0.39 is 0 Å². The lowest BCUT2D eigenvalue weighted by molar-refractivity contribution is -0.123. The molecule has 0 spiro atoms. The standard InChI is InChI=1S/C18H17ClN2O3/c19-15-7-3-1-5-13(15)12-24-16-8-4-2-6-14(16)18(23)21-10-9-20-17(22)11-21/h1-8H,9-12H2,(H,20,22). The third kappa shape index (κ3) is 3.68. The minimum absolute atomic E-state index is 0.0671. The largest absolute Gasteiger partial charge is 0.488 e. The SMILES string of the molecule is O=C1CN(C(=O)c2ccccc2OCc2ccccc2Cl)CCN1. The Kier molecular flexibility index (Phi) is 5.01. The van der Waals surface area contributed by atoms with Crippen LogP contribution in [0.4, 0.5) is 0 Å². The fourth-order valence-corrected chi connectivity index (χ4v) is 2.71. The molecule has 1 aliphatic rings. The minimum Gasteiger partial charge on any atom is -0.488 e. The molecule has 0 atom stereocenters. The first kappa shape index (κ1) is 16.3. The highest BCUT2D eigenvalue weighted by atomic mass is 35.5. The summed E-state index contributed by atoms with van der Waals surface area (Å²) >= 11 is 6.13. The molecule has 1 N–H and O–H groups in total. The fraction of sp³-hybridized carbons (Fsp3) is 0.222. The van der Waals surface area contributed by atoms with Crippen molar-refractivity contribution >= 4 is 23.4 Å². The van der Waals surface area contributed by atoms with Crippen LogP contribution in [0.25, 0.3) is 0 Å². The van der Waals surface area contributed by atoms with Crippen molar-refractivity contribution in [2.75, 3.05) is 19.6 Å². The van der Waals surface area contributed by atoms with Gasteiger partial charge in [0.05, 0.1) is 12.1 Å². The average molecular weight is 345 g/mol. The molecule has 6 heteroatoms. The molecule has 1 heterocycles. The highest BCUT2D eigenvalue weighted by molar-refractivity contribution is 6.31. The van der Waals surface area contributed by atoms with Crippen LogP contribution in [-0.4, -0.2) is 36.3 Å². The van der Waals surface area contributed by atoms with Crippen molar-refractivity contribution in [3.05, 3.63) is 64.7 Å². The summed E-state index contributed by atoms with van der Waals surface area (Å²) in [7, 11) is 0. The highest BCUT2D eigenvalue weighted by Gasteiger charge is 2.24. The van der Waals surface area contributed by atoms with Gasteiger partial charge in [0.25, 0.3) is 5.91 Å². The van der Waals surface area contributed by atoms with Gasteiger partial charge in [-0.15, -0.1) is 0 Å². The van der Waals surface area contributed by atoms with Crippen LogP contribution in [0, 0.1) is 0 Å². The second kappa shape index (κ2) is 7.36. The predicted molar refractivity (Wildman–Crippen MR) is 91.1 cm³/mol. The highest BCUT2D eigenvalue weighted by Crippen LogP contribution is 2.23. The lowest BCUT2D eigenvalue weighted by Gasteiger charge is -2.27. The van der Waals surface area contributed by atoms with Crippen LogP contribution in [0.1, 0.15) is 15.9 Å². The third-order valence-electron chi connectivity index (χ3n) is 3.78. The summed E-state index contributed by atoms with van der Waals surface area (Å²) in [4.78, 5) is 25.7. The van der Waals surface area contributed by atoms with Gasteiger partial charge in [0.15, 0.2) is 0 Å². The summed E-state index contributed by atoms with van der Waals surface area (Å²) in [5.41, 5.74) is 1.29. The van der Waals surface area contributed by atoms with Gasteiger partial charge in [-0.2, -0.15) is 0 Å². The molecule has 2 amide bonds. The van der Waals surface area contributed by atoms with Crippen molar-refractivity contribution in [2.45, 2.75) is 6.61 Å². The first-order chi connectivity index (χ1) is 11.6. The average Bonchev–Trinajstić information content (AvgIpc) is 2.61. The summed E-state index contributed by atoms with van der Waals surface area (Å²) in [5.74, 6) is 0.122. The Labute approximate surface area is 145 Å². The molecule has 0 saturated carbocycles. The molecule has 1 fully saturated rings. The normalized spacial score (nSPS) is 14.2. The number of benzene rings is 2. The molecule has 1 aliphatic heterocycles. The van der Waals surface area contributed by atoms with Gasteiger partial charge in [0, 0.05) is 23.7 Å². The first-order valence-electron chi connectivity index (χ1n) is 7.66. The number of para-hydroxylation sites is 1. The van der Waals surface area contributed by atoms with Crippen LogP contribution in [0.3, 0.4) is 0 Å². The molecular formula is C18H17ClN2O3. The van der Waals surface area contributed by atoms with E-state index in [-0.39, 0.29) is 25.0 Å². The molecule has 2 aromatic rings. The zero-order chi connectivity index (χ0) is 16.9. The van der Waals surface area contributed by atoms with E-state index in [2.05, 4.69) is 5.32 Å². The molecule has 0 bridgehead atoms. The fourth-order valence-electron chi connectivity index (χ4n) is 2.52. The van der Waals surface area contributed by atoms with Gasteiger partial charge in [-0.1, -0.05) is 41.9 Å². The lowest BCUT2D eigenvalue weighted by atomic mass is 10.1. The number of piperazine rings is 1. The van der Waals surface area contributed by atoms with Crippen LogP contribution in [0.5, 0.6) is 5.75 Å². The van der Waals surface area contributed by atoms with Crippen molar-refractivity contribution in [3.8, 4) is 5.75 Å². The number of halogens is 1. The Morgan fingerprint density at radius 2 is 1.92 bits per heavy atom. The van der Waals surface area contributed by atoms with Gasteiger partial charge in [0.1, 0.15) is 12.4 Å². The van der Waals surface area contributed by atoms with Crippen LogP contribution in [0.2, 0.25) is 5.02 Å². The van der Waals surface area contributed by atoms with Gasteiger partial charge in [-0.25, -0.2) is 0 Å². The number of hydrogen-bond donors (Lipinski definition) is 1. The number of carbonyl (C=O) groups is 2. The van der Waals surface area contributed by atoms with E-state index in [9.17, 15) is 9.59 Å². The molecule has 1 saturated heterocycles. The number of ether oxygens (including phenoxy) is 1. The van der Waals surface area contributed by atoms with Crippen LogP contribution >= 0.6 is 11.6 Å². The molecule has 3 rings (SSSR count). The molecule has 0 radical (unpaired) electrons. The zero-order valence-electron chi connectivity index (χ0n) is 13.0. The van der Waals surface area contributed by atoms with E-state index in [4.69, 9.17) is 16.3 Å². The topological polar surface area (TPSA) is 58.6 Å². The quantitative estimate of drug-likeness (QED) is 0.927. The molecule has 124 valence electrons. The van der Waals surface area contributed by atoms with Gasteiger partial charge in [-0.3, -0.25) is 9.59 Å². The summed E-state index contributed by atoms with van der Waals surface area (Å²) in [6.45, 7) is 1.29. The molecule has 5 nitrogen and oxygen atoms in total. The van der Waals surface area contributed by atoms with Crippen molar-refractivity contribution in [1.29, 1.82) is 0 Å². The number of carbonyl (C=O) groups excluding carboxylic acids is 2. The summed E-state index contributed by atoms with van der Waals surface area (Å²) in [6, 6.07) is 14.4. The summed E-state index contributed by atoms with van der Waals surface area (Å²) in [6.07, 6.45) is 0. The Morgan fingerprint density at radius 1 is 1.17 bits per heavy atom. The smallest absolute Gasteiger partial charge is 0.258 e. The van der Waals surface area contributed by atoms with Crippen molar-refractivity contribution in [1.82, 2.24) is 10.2 Å². The second-order valence-electron chi connectivity index (χ2n) is 5.45. The molecule has 0 unspecified atom stereocenters. The number of nitrogens with one attached hydrogen (secondary N) is 1. The van der Waals surface area contributed by atoms with E-state index in [1.54, 1.807) is 24.3 Å². The van der Waals surface area contributed by atoms with E-state index in [0.717, 1.165) is 5.56 Å². The predicted octanol–water partition coefficient (Wildman–Crippen LogP) is 2.49. The molecule has 2 aromatic carbocycles. The maximum absolute atomic E-state index is 12.7. The number of rotatable bonds is 4. The molecule has 24 heavy (non-hydrogen) atoms. The van der Waals surface area contributed by atoms with E-state index in [1.165, 1.54) is 4.90 Å². The van der Waals surface area contributed by atoms with Crippen molar-refractivity contribution < 1.29 is 14.3 Å².